The van der Waals surface area contributed by atoms with E-state index in [0.717, 1.165) is 13.0 Å². The second-order valence-corrected chi connectivity index (χ2v) is 6.18. The molecule has 0 aromatic carbocycles. The smallest absolute Gasteiger partial charge is 0.235 e. The van der Waals surface area contributed by atoms with Gasteiger partial charge in [0.15, 0.2) is 0 Å². The number of carbonyl (C=O) groups excluding carboxylic acids is 2. The highest BCUT2D eigenvalue weighted by Crippen LogP contribution is 2.39. The number of nitrogens with zero attached hydrogens (tertiary/aromatic N) is 1. The fourth-order valence-corrected chi connectivity index (χ4v) is 2.41. The van der Waals surface area contributed by atoms with Crippen LogP contribution in [0.5, 0.6) is 0 Å². The van der Waals surface area contributed by atoms with Crippen molar-refractivity contribution in [3.63, 3.8) is 0 Å². The first-order valence-corrected chi connectivity index (χ1v) is 7.03. The molecule has 2 fully saturated rings. The molecule has 2 aliphatic rings. The van der Waals surface area contributed by atoms with E-state index in [1.165, 1.54) is 17.7 Å². The Morgan fingerprint density at radius 2 is 2.06 bits per heavy atom. The maximum atomic E-state index is 12.3. The van der Waals surface area contributed by atoms with E-state index in [2.05, 4.69) is 5.32 Å². The van der Waals surface area contributed by atoms with E-state index in [4.69, 9.17) is 0 Å². The summed E-state index contributed by atoms with van der Waals surface area (Å²) in [5.74, 6) is 0.236. The van der Waals surface area contributed by atoms with Crippen LogP contribution in [0.1, 0.15) is 46.5 Å². The molecule has 0 spiro atoms. The van der Waals surface area contributed by atoms with Crippen LogP contribution in [0, 0.1) is 11.3 Å². The van der Waals surface area contributed by atoms with E-state index in [9.17, 15) is 9.59 Å². The van der Waals surface area contributed by atoms with Crippen LogP contribution in [-0.2, 0) is 9.59 Å². The molecule has 0 aromatic heterocycles. The van der Waals surface area contributed by atoms with Crippen LogP contribution in [0.2, 0.25) is 0 Å². The molecule has 0 aromatic rings. The average molecular weight is 252 g/mol. The third-order valence-electron chi connectivity index (χ3n) is 4.40. The molecule has 1 aliphatic heterocycles. The standard InChI is InChI=1S/C14H24N2O2/c1-10(2)14(3)9-12(17)16(13(14)18)8-4-7-15-11-5-6-11/h10-11,15H,4-9H2,1-3H3. The van der Waals surface area contributed by atoms with Gasteiger partial charge in [-0.3, -0.25) is 14.5 Å². The molecule has 1 unspecified atom stereocenters. The van der Waals surface area contributed by atoms with Crippen LogP contribution in [0.15, 0.2) is 0 Å². The molecule has 1 atom stereocenters. The number of likely N-dealkylation sites (tertiary alicyclic amines) is 1. The molecule has 1 aliphatic carbocycles. The van der Waals surface area contributed by atoms with Crippen molar-refractivity contribution in [3.8, 4) is 0 Å². The zero-order valence-corrected chi connectivity index (χ0v) is 11.7. The van der Waals surface area contributed by atoms with Gasteiger partial charge in [0.05, 0.1) is 5.41 Å². The van der Waals surface area contributed by atoms with Crippen molar-refractivity contribution in [1.82, 2.24) is 10.2 Å². The van der Waals surface area contributed by atoms with Crippen molar-refractivity contribution in [2.75, 3.05) is 13.1 Å². The molecular weight excluding hydrogens is 228 g/mol. The Bertz CT molecular complexity index is 350. The Morgan fingerprint density at radius 3 is 2.56 bits per heavy atom. The van der Waals surface area contributed by atoms with Gasteiger partial charge in [-0.05, 0) is 38.6 Å². The predicted octanol–water partition coefficient (Wildman–Crippen LogP) is 1.55. The third kappa shape index (κ3) is 2.58. The molecule has 0 bridgehead atoms. The highest BCUT2D eigenvalue weighted by Gasteiger charge is 2.49. The molecule has 2 rings (SSSR count). The molecule has 2 amide bonds. The van der Waals surface area contributed by atoms with Crippen LogP contribution in [-0.4, -0.2) is 35.8 Å². The zero-order chi connectivity index (χ0) is 13.3. The monoisotopic (exact) mass is 252 g/mol. The van der Waals surface area contributed by atoms with Crippen molar-refractivity contribution < 1.29 is 9.59 Å². The number of imide groups is 1. The van der Waals surface area contributed by atoms with Crippen LogP contribution in [0.3, 0.4) is 0 Å². The van der Waals surface area contributed by atoms with E-state index >= 15 is 0 Å². The number of rotatable bonds is 6. The molecular formula is C14H24N2O2. The van der Waals surface area contributed by atoms with Gasteiger partial charge in [-0.1, -0.05) is 13.8 Å². The second-order valence-electron chi connectivity index (χ2n) is 6.18. The van der Waals surface area contributed by atoms with Crippen molar-refractivity contribution in [2.24, 2.45) is 11.3 Å². The van der Waals surface area contributed by atoms with Crippen LogP contribution >= 0.6 is 0 Å². The molecule has 1 saturated carbocycles. The minimum Gasteiger partial charge on any atom is -0.314 e. The Labute approximate surface area is 109 Å². The van der Waals surface area contributed by atoms with Gasteiger partial charge >= 0.3 is 0 Å². The van der Waals surface area contributed by atoms with E-state index in [1.807, 2.05) is 20.8 Å². The molecule has 0 radical (unpaired) electrons. The predicted molar refractivity (Wildman–Crippen MR) is 69.9 cm³/mol. The Morgan fingerprint density at radius 1 is 1.39 bits per heavy atom. The summed E-state index contributed by atoms with van der Waals surface area (Å²) >= 11 is 0. The first-order valence-electron chi connectivity index (χ1n) is 7.03. The number of nitrogens with one attached hydrogen (secondary N) is 1. The van der Waals surface area contributed by atoms with Crippen molar-refractivity contribution in [2.45, 2.75) is 52.5 Å². The van der Waals surface area contributed by atoms with Gasteiger partial charge in [-0.25, -0.2) is 0 Å². The molecule has 4 nitrogen and oxygen atoms in total. The Balaban J connectivity index is 1.84. The maximum absolute atomic E-state index is 12.3. The molecule has 1 heterocycles. The lowest BCUT2D eigenvalue weighted by Gasteiger charge is -2.26. The minimum atomic E-state index is -0.485. The van der Waals surface area contributed by atoms with E-state index in [0.29, 0.717) is 19.0 Å². The fraction of sp³-hybridized carbons (Fsp3) is 0.857. The molecule has 4 heteroatoms. The lowest BCUT2D eigenvalue weighted by atomic mass is 9.78. The van der Waals surface area contributed by atoms with Gasteiger partial charge in [-0.15, -0.1) is 0 Å². The van der Waals surface area contributed by atoms with E-state index in [-0.39, 0.29) is 17.7 Å². The quantitative estimate of drug-likeness (QED) is 0.576. The summed E-state index contributed by atoms with van der Waals surface area (Å²) in [7, 11) is 0. The minimum absolute atomic E-state index is 0.00243. The molecule has 1 N–H and O–H groups in total. The Kier molecular flexibility index (Phi) is 3.76. The number of carbonyl (C=O) groups is 2. The first-order chi connectivity index (χ1) is 8.45. The van der Waals surface area contributed by atoms with E-state index in [1.54, 1.807) is 0 Å². The third-order valence-corrected chi connectivity index (χ3v) is 4.40. The van der Waals surface area contributed by atoms with E-state index < -0.39 is 5.41 Å². The lowest BCUT2D eigenvalue weighted by Crippen LogP contribution is -2.38. The SMILES string of the molecule is CC(C)C1(C)CC(=O)N(CCCNC2CC2)C1=O. The number of amides is 2. The van der Waals surface area contributed by atoms with Crippen molar-refractivity contribution in [3.05, 3.63) is 0 Å². The number of hydrogen-bond donors (Lipinski definition) is 1. The van der Waals surface area contributed by atoms with Gasteiger partial charge < -0.3 is 5.32 Å². The summed E-state index contributed by atoms with van der Waals surface area (Å²) in [6.07, 6.45) is 3.78. The highest BCUT2D eigenvalue weighted by molar-refractivity contribution is 6.05. The summed E-state index contributed by atoms with van der Waals surface area (Å²) in [4.78, 5) is 25.7. The largest absolute Gasteiger partial charge is 0.314 e. The first kappa shape index (κ1) is 13.5. The lowest BCUT2D eigenvalue weighted by molar-refractivity contribution is -0.142. The van der Waals surface area contributed by atoms with Crippen molar-refractivity contribution >= 4 is 11.8 Å². The normalized spacial score (nSPS) is 28.6. The van der Waals surface area contributed by atoms with Crippen molar-refractivity contribution in [1.29, 1.82) is 0 Å². The van der Waals surface area contributed by atoms with Gasteiger partial charge in [0.1, 0.15) is 0 Å². The van der Waals surface area contributed by atoms with Gasteiger partial charge in [-0.2, -0.15) is 0 Å². The van der Waals surface area contributed by atoms with Crippen LogP contribution in [0.4, 0.5) is 0 Å². The van der Waals surface area contributed by atoms with Gasteiger partial charge in [0.25, 0.3) is 0 Å². The van der Waals surface area contributed by atoms with Gasteiger partial charge in [0, 0.05) is 19.0 Å². The van der Waals surface area contributed by atoms with Crippen LogP contribution < -0.4 is 5.32 Å². The second kappa shape index (κ2) is 5.00. The summed E-state index contributed by atoms with van der Waals surface area (Å²) in [5, 5.41) is 3.40. The highest BCUT2D eigenvalue weighted by atomic mass is 16.2. The molecule has 18 heavy (non-hydrogen) atoms. The fourth-order valence-electron chi connectivity index (χ4n) is 2.41. The molecule has 1 saturated heterocycles. The summed E-state index contributed by atoms with van der Waals surface area (Å²) in [6, 6.07) is 0.691. The maximum Gasteiger partial charge on any atom is 0.235 e. The average Bonchev–Trinajstić information content (AvgIpc) is 3.08. The van der Waals surface area contributed by atoms with Crippen LogP contribution in [0.25, 0.3) is 0 Å². The topological polar surface area (TPSA) is 49.4 Å². The summed E-state index contributed by atoms with van der Waals surface area (Å²) in [5.41, 5.74) is -0.485. The molecule has 102 valence electrons. The summed E-state index contributed by atoms with van der Waals surface area (Å²) in [6.45, 7) is 7.42. The zero-order valence-electron chi connectivity index (χ0n) is 11.7. The van der Waals surface area contributed by atoms with Gasteiger partial charge in [0.2, 0.25) is 11.8 Å². The Hall–Kier alpha value is -0.900. The number of hydrogen-bond acceptors (Lipinski definition) is 3. The summed E-state index contributed by atoms with van der Waals surface area (Å²) < 4.78 is 0.